The van der Waals surface area contributed by atoms with Crippen molar-refractivity contribution in [3.8, 4) is 0 Å². The summed E-state index contributed by atoms with van der Waals surface area (Å²) in [4.78, 5) is 0. The quantitative estimate of drug-likeness (QED) is 0.848. The largest absolute Gasteiger partial charge is 0.309 e. The molecule has 1 aromatic heterocycles. The van der Waals surface area contributed by atoms with Crippen molar-refractivity contribution in [1.82, 2.24) is 15.5 Å². The van der Waals surface area contributed by atoms with Crippen LogP contribution in [0, 0.1) is 6.92 Å². The Labute approximate surface area is 95.5 Å². The van der Waals surface area contributed by atoms with E-state index in [2.05, 4.69) is 46.7 Å². The van der Waals surface area contributed by atoms with Crippen molar-refractivity contribution in [2.24, 2.45) is 0 Å². The van der Waals surface area contributed by atoms with Gasteiger partial charge in [-0.05, 0) is 31.2 Å². The summed E-state index contributed by atoms with van der Waals surface area (Å²) in [5.74, 6) is 0. The van der Waals surface area contributed by atoms with E-state index in [4.69, 9.17) is 0 Å². The van der Waals surface area contributed by atoms with Gasteiger partial charge < -0.3 is 5.32 Å². The van der Waals surface area contributed by atoms with Crippen LogP contribution in [0.1, 0.15) is 22.7 Å². The standard InChI is InChI=1S/C13H15N3/c1-10-4-3-5-11(8-10)13(14-2)12-6-7-15-16-9-12/h3-9,13-14H,1-2H3. The Hall–Kier alpha value is -1.74. The highest BCUT2D eigenvalue weighted by molar-refractivity contribution is 5.32. The van der Waals surface area contributed by atoms with Gasteiger partial charge in [0.2, 0.25) is 0 Å². The van der Waals surface area contributed by atoms with Crippen molar-refractivity contribution in [3.63, 3.8) is 0 Å². The van der Waals surface area contributed by atoms with Crippen LogP contribution in [0.25, 0.3) is 0 Å². The second-order valence-corrected chi connectivity index (χ2v) is 3.81. The first kappa shape index (κ1) is 10.8. The molecule has 0 amide bonds. The summed E-state index contributed by atoms with van der Waals surface area (Å²) in [6.45, 7) is 2.10. The molecule has 0 radical (unpaired) electrons. The van der Waals surface area contributed by atoms with Gasteiger partial charge in [0.25, 0.3) is 0 Å². The summed E-state index contributed by atoms with van der Waals surface area (Å²) in [6.07, 6.45) is 3.51. The normalized spacial score (nSPS) is 12.4. The Balaban J connectivity index is 2.37. The molecular weight excluding hydrogens is 198 g/mol. The predicted octanol–water partition coefficient (Wildman–Crippen LogP) is 2.09. The fraction of sp³-hybridized carbons (Fsp3) is 0.231. The highest BCUT2D eigenvalue weighted by Crippen LogP contribution is 2.21. The molecule has 1 atom stereocenters. The lowest BCUT2D eigenvalue weighted by Gasteiger charge is -2.16. The van der Waals surface area contributed by atoms with Gasteiger partial charge in [-0.15, -0.1) is 0 Å². The number of aromatic nitrogens is 2. The van der Waals surface area contributed by atoms with E-state index in [9.17, 15) is 0 Å². The molecule has 1 N–H and O–H groups in total. The Bertz CT molecular complexity index is 454. The second kappa shape index (κ2) is 4.86. The fourth-order valence-electron chi connectivity index (χ4n) is 1.85. The molecule has 0 aliphatic heterocycles. The molecule has 1 heterocycles. The zero-order valence-electron chi connectivity index (χ0n) is 9.51. The van der Waals surface area contributed by atoms with Crippen LogP contribution in [0.2, 0.25) is 0 Å². The summed E-state index contributed by atoms with van der Waals surface area (Å²) in [6, 6.07) is 10.6. The van der Waals surface area contributed by atoms with Gasteiger partial charge in [-0.3, -0.25) is 0 Å². The van der Waals surface area contributed by atoms with Crippen LogP contribution in [0.3, 0.4) is 0 Å². The predicted molar refractivity (Wildman–Crippen MR) is 64.1 cm³/mol. The van der Waals surface area contributed by atoms with Crippen LogP contribution < -0.4 is 5.32 Å². The number of aryl methyl sites for hydroxylation is 1. The fourth-order valence-corrected chi connectivity index (χ4v) is 1.85. The zero-order valence-corrected chi connectivity index (χ0v) is 9.51. The minimum Gasteiger partial charge on any atom is -0.309 e. The molecule has 0 bridgehead atoms. The first-order chi connectivity index (χ1) is 7.81. The molecule has 0 saturated heterocycles. The number of nitrogens with one attached hydrogen (secondary N) is 1. The van der Waals surface area contributed by atoms with Crippen LogP contribution in [-0.4, -0.2) is 17.2 Å². The van der Waals surface area contributed by atoms with Crippen molar-refractivity contribution in [3.05, 3.63) is 59.4 Å². The van der Waals surface area contributed by atoms with Gasteiger partial charge in [0.05, 0.1) is 12.2 Å². The van der Waals surface area contributed by atoms with Crippen LogP contribution in [0.15, 0.2) is 42.7 Å². The summed E-state index contributed by atoms with van der Waals surface area (Å²) in [5.41, 5.74) is 3.64. The Morgan fingerprint density at radius 2 is 2.00 bits per heavy atom. The first-order valence-electron chi connectivity index (χ1n) is 5.31. The molecule has 0 aliphatic rings. The van der Waals surface area contributed by atoms with Crippen LogP contribution >= 0.6 is 0 Å². The Morgan fingerprint density at radius 3 is 2.62 bits per heavy atom. The topological polar surface area (TPSA) is 37.8 Å². The van der Waals surface area contributed by atoms with E-state index in [-0.39, 0.29) is 6.04 Å². The molecule has 2 rings (SSSR count). The number of nitrogens with zero attached hydrogens (tertiary/aromatic N) is 2. The van der Waals surface area contributed by atoms with Crippen molar-refractivity contribution in [1.29, 1.82) is 0 Å². The van der Waals surface area contributed by atoms with E-state index >= 15 is 0 Å². The van der Waals surface area contributed by atoms with E-state index < -0.39 is 0 Å². The third kappa shape index (κ3) is 2.25. The average Bonchev–Trinajstić information content (AvgIpc) is 2.31. The average molecular weight is 213 g/mol. The van der Waals surface area contributed by atoms with E-state index in [1.807, 2.05) is 13.1 Å². The van der Waals surface area contributed by atoms with Crippen molar-refractivity contribution in [2.45, 2.75) is 13.0 Å². The number of benzene rings is 1. The van der Waals surface area contributed by atoms with E-state index in [0.29, 0.717) is 0 Å². The lowest BCUT2D eigenvalue weighted by atomic mass is 9.99. The van der Waals surface area contributed by atoms with Gasteiger partial charge in [0.1, 0.15) is 0 Å². The number of hydrogen-bond donors (Lipinski definition) is 1. The molecule has 3 heteroatoms. The molecule has 3 nitrogen and oxygen atoms in total. The Morgan fingerprint density at radius 1 is 1.12 bits per heavy atom. The van der Waals surface area contributed by atoms with E-state index in [0.717, 1.165) is 5.56 Å². The van der Waals surface area contributed by atoms with E-state index in [1.54, 1.807) is 12.4 Å². The number of hydrogen-bond acceptors (Lipinski definition) is 3. The zero-order chi connectivity index (χ0) is 11.4. The second-order valence-electron chi connectivity index (χ2n) is 3.81. The van der Waals surface area contributed by atoms with Gasteiger partial charge in [-0.2, -0.15) is 10.2 Å². The molecule has 1 unspecified atom stereocenters. The monoisotopic (exact) mass is 213 g/mol. The molecule has 1 aromatic carbocycles. The highest BCUT2D eigenvalue weighted by atomic mass is 15.1. The molecule has 0 spiro atoms. The molecule has 2 aromatic rings. The summed E-state index contributed by atoms with van der Waals surface area (Å²) < 4.78 is 0. The molecule has 0 saturated carbocycles. The minimum atomic E-state index is 0.176. The maximum absolute atomic E-state index is 3.91. The minimum absolute atomic E-state index is 0.176. The van der Waals surface area contributed by atoms with Gasteiger partial charge in [0, 0.05) is 6.20 Å². The van der Waals surface area contributed by atoms with Crippen molar-refractivity contribution >= 4 is 0 Å². The summed E-state index contributed by atoms with van der Waals surface area (Å²) in [5, 5.41) is 11.0. The molecule has 0 aliphatic carbocycles. The SMILES string of the molecule is CNC(c1ccnnc1)c1cccc(C)c1. The Kier molecular flexibility index (Phi) is 3.27. The maximum Gasteiger partial charge on any atom is 0.0590 e. The number of rotatable bonds is 3. The van der Waals surface area contributed by atoms with Crippen LogP contribution in [0.5, 0.6) is 0 Å². The van der Waals surface area contributed by atoms with Gasteiger partial charge in [-0.25, -0.2) is 0 Å². The smallest absolute Gasteiger partial charge is 0.0590 e. The first-order valence-corrected chi connectivity index (χ1v) is 5.31. The maximum atomic E-state index is 3.91. The summed E-state index contributed by atoms with van der Waals surface area (Å²) in [7, 11) is 1.95. The third-order valence-corrected chi connectivity index (χ3v) is 2.60. The van der Waals surface area contributed by atoms with Gasteiger partial charge in [-0.1, -0.05) is 29.8 Å². The van der Waals surface area contributed by atoms with Crippen LogP contribution in [-0.2, 0) is 0 Å². The van der Waals surface area contributed by atoms with Crippen molar-refractivity contribution in [2.75, 3.05) is 7.05 Å². The van der Waals surface area contributed by atoms with Gasteiger partial charge in [0.15, 0.2) is 0 Å². The van der Waals surface area contributed by atoms with Gasteiger partial charge >= 0.3 is 0 Å². The molecule has 0 fully saturated rings. The molecule has 16 heavy (non-hydrogen) atoms. The van der Waals surface area contributed by atoms with E-state index in [1.165, 1.54) is 11.1 Å². The lowest BCUT2D eigenvalue weighted by Crippen LogP contribution is -2.17. The third-order valence-electron chi connectivity index (χ3n) is 2.60. The molecular formula is C13H15N3. The van der Waals surface area contributed by atoms with Crippen LogP contribution in [0.4, 0.5) is 0 Å². The highest BCUT2D eigenvalue weighted by Gasteiger charge is 2.11. The summed E-state index contributed by atoms with van der Waals surface area (Å²) >= 11 is 0. The lowest BCUT2D eigenvalue weighted by molar-refractivity contribution is 0.684. The van der Waals surface area contributed by atoms with Crippen molar-refractivity contribution < 1.29 is 0 Å². The molecule has 82 valence electrons.